The standard InChI is InChI=1S/C20H20F3N3O/c1-26(2)14-8-9-18(16(11-14)20(21,22)23)25-19(27)10-7-13-12-24-17-6-4-3-5-15(13)17/h3-6,8-9,11-12,24H,7,10H2,1-2H3,(H,25,27). The molecular formula is C20H20F3N3O. The molecule has 0 spiro atoms. The van der Waals surface area contributed by atoms with Gasteiger partial charge in [-0.3, -0.25) is 4.79 Å². The Hall–Kier alpha value is -2.96. The highest BCUT2D eigenvalue weighted by atomic mass is 19.4. The first-order chi connectivity index (χ1) is 12.8. The van der Waals surface area contributed by atoms with E-state index < -0.39 is 17.6 Å². The van der Waals surface area contributed by atoms with Crippen molar-refractivity contribution in [3.05, 3.63) is 59.8 Å². The van der Waals surface area contributed by atoms with Gasteiger partial charge in [0, 0.05) is 43.3 Å². The molecule has 3 aromatic rings. The van der Waals surface area contributed by atoms with Crippen molar-refractivity contribution in [1.29, 1.82) is 0 Å². The maximum Gasteiger partial charge on any atom is 0.418 e. The van der Waals surface area contributed by atoms with E-state index in [1.165, 1.54) is 6.07 Å². The number of H-pyrrole nitrogens is 1. The molecular weight excluding hydrogens is 355 g/mol. The topological polar surface area (TPSA) is 48.1 Å². The second-order valence-electron chi connectivity index (χ2n) is 6.53. The van der Waals surface area contributed by atoms with Crippen LogP contribution in [0.1, 0.15) is 17.5 Å². The fourth-order valence-electron chi connectivity index (χ4n) is 2.95. The second kappa shape index (κ2) is 7.34. The third kappa shape index (κ3) is 4.24. The summed E-state index contributed by atoms with van der Waals surface area (Å²) in [7, 11) is 3.32. The number of aryl methyl sites for hydroxylation is 1. The number of carbonyl (C=O) groups is 1. The monoisotopic (exact) mass is 375 g/mol. The minimum Gasteiger partial charge on any atom is -0.378 e. The van der Waals surface area contributed by atoms with Gasteiger partial charge in [-0.1, -0.05) is 18.2 Å². The van der Waals surface area contributed by atoms with Crippen LogP contribution in [-0.4, -0.2) is 25.0 Å². The molecule has 0 saturated carbocycles. The fourth-order valence-corrected chi connectivity index (χ4v) is 2.95. The highest BCUT2D eigenvalue weighted by molar-refractivity contribution is 5.92. The predicted molar refractivity (Wildman–Crippen MR) is 101 cm³/mol. The Morgan fingerprint density at radius 3 is 2.59 bits per heavy atom. The third-order valence-corrected chi connectivity index (χ3v) is 4.40. The van der Waals surface area contributed by atoms with Crippen LogP contribution in [-0.2, 0) is 17.4 Å². The zero-order chi connectivity index (χ0) is 19.6. The summed E-state index contributed by atoms with van der Waals surface area (Å²) in [6.45, 7) is 0. The molecule has 0 radical (unpaired) electrons. The van der Waals surface area contributed by atoms with Crippen molar-refractivity contribution in [1.82, 2.24) is 4.98 Å². The van der Waals surface area contributed by atoms with E-state index in [1.54, 1.807) is 25.1 Å². The fraction of sp³-hybridized carbons (Fsp3) is 0.250. The molecule has 7 heteroatoms. The van der Waals surface area contributed by atoms with Crippen molar-refractivity contribution >= 4 is 28.2 Å². The average molecular weight is 375 g/mol. The number of amides is 1. The molecule has 1 heterocycles. The van der Waals surface area contributed by atoms with Crippen molar-refractivity contribution in [2.75, 3.05) is 24.3 Å². The molecule has 0 atom stereocenters. The minimum atomic E-state index is -4.55. The number of alkyl halides is 3. The maximum atomic E-state index is 13.4. The Labute approximate surface area is 155 Å². The Balaban J connectivity index is 1.74. The van der Waals surface area contributed by atoms with Crippen LogP contribution in [0.3, 0.4) is 0 Å². The normalized spacial score (nSPS) is 11.6. The predicted octanol–water partition coefficient (Wildman–Crippen LogP) is 4.82. The number of fused-ring (bicyclic) bond motifs is 1. The van der Waals surface area contributed by atoms with Gasteiger partial charge in [0.15, 0.2) is 0 Å². The summed E-state index contributed by atoms with van der Waals surface area (Å²) in [4.78, 5) is 16.9. The van der Waals surface area contributed by atoms with Crippen LogP contribution in [0.25, 0.3) is 10.9 Å². The van der Waals surface area contributed by atoms with Gasteiger partial charge >= 0.3 is 6.18 Å². The number of carbonyl (C=O) groups excluding carboxylic acids is 1. The molecule has 0 fully saturated rings. The summed E-state index contributed by atoms with van der Waals surface area (Å²) in [6.07, 6.45) is -2.20. The molecule has 4 nitrogen and oxygen atoms in total. The van der Waals surface area contributed by atoms with E-state index in [1.807, 2.05) is 30.5 Å². The summed E-state index contributed by atoms with van der Waals surface area (Å²) in [5.74, 6) is -0.455. The molecule has 3 rings (SSSR count). The number of nitrogens with zero attached hydrogens (tertiary/aromatic N) is 1. The summed E-state index contributed by atoms with van der Waals surface area (Å²) in [5, 5.41) is 3.42. The SMILES string of the molecule is CN(C)c1ccc(NC(=O)CCc2c[nH]c3ccccc23)c(C(F)(F)F)c1. The third-order valence-electron chi connectivity index (χ3n) is 4.40. The second-order valence-corrected chi connectivity index (χ2v) is 6.53. The van der Waals surface area contributed by atoms with E-state index in [0.717, 1.165) is 22.5 Å². The lowest BCUT2D eigenvalue weighted by Gasteiger charge is -2.18. The first-order valence-electron chi connectivity index (χ1n) is 8.49. The molecule has 0 aliphatic carbocycles. The van der Waals surface area contributed by atoms with Crippen molar-refractivity contribution < 1.29 is 18.0 Å². The largest absolute Gasteiger partial charge is 0.418 e. The molecule has 142 valence electrons. The van der Waals surface area contributed by atoms with Crippen LogP contribution >= 0.6 is 0 Å². The molecule has 0 aliphatic rings. The molecule has 0 unspecified atom stereocenters. The average Bonchev–Trinajstić information content (AvgIpc) is 3.02. The van der Waals surface area contributed by atoms with E-state index >= 15 is 0 Å². The molecule has 2 aromatic carbocycles. The number of hydrogen-bond donors (Lipinski definition) is 2. The molecule has 0 saturated heterocycles. The van der Waals surface area contributed by atoms with Crippen molar-refractivity contribution in [3.8, 4) is 0 Å². The van der Waals surface area contributed by atoms with Crippen LogP contribution in [0.4, 0.5) is 24.5 Å². The van der Waals surface area contributed by atoms with E-state index in [9.17, 15) is 18.0 Å². The number of rotatable bonds is 5. The summed E-state index contributed by atoms with van der Waals surface area (Å²) < 4.78 is 40.1. The number of benzene rings is 2. The Bertz CT molecular complexity index is 961. The van der Waals surface area contributed by atoms with Crippen LogP contribution in [0.5, 0.6) is 0 Å². The van der Waals surface area contributed by atoms with Gasteiger partial charge in [-0.25, -0.2) is 0 Å². The van der Waals surface area contributed by atoms with E-state index in [2.05, 4.69) is 10.3 Å². The van der Waals surface area contributed by atoms with Crippen LogP contribution in [0.2, 0.25) is 0 Å². The number of nitrogens with one attached hydrogen (secondary N) is 2. The first-order valence-corrected chi connectivity index (χ1v) is 8.49. The number of hydrogen-bond acceptors (Lipinski definition) is 2. The van der Waals surface area contributed by atoms with Crippen LogP contribution in [0.15, 0.2) is 48.7 Å². The van der Waals surface area contributed by atoms with Gasteiger partial charge in [0.2, 0.25) is 5.91 Å². The smallest absolute Gasteiger partial charge is 0.378 e. The van der Waals surface area contributed by atoms with E-state index in [4.69, 9.17) is 0 Å². The van der Waals surface area contributed by atoms with E-state index in [-0.39, 0.29) is 12.1 Å². The summed E-state index contributed by atoms with van der Waals surface area (Å²) in [6, 6.07) is 11.6. The zero-order valence-corrected chi connectivity index (χ0v) is 15.0. The molecule has 1 aromatic heterocycles. The van der Waals surface area contributed by atoms with Crippen molar-refractivity contribution in [3.63, 3.8) is 0 Å². The number of para-hydroxylation sites is 1. The van der Waals surface area contributed by atoms with Gasteiger partial charge in [0.25, 0.3) is 0 Å². The quantitative estimate of drug-likeness (QED) is 0.671. The number of aromatic amines is 1. The van der Waals surface area contributed by atoms with Crippen molar-refractivity contribution in [2.24, 2.45) is 0 Å². The lowest BCUT2D eigenvalue weighted by atomic mass is 10.1. The van der Waals surface area contributed by atoms with Gasteiger partial charge in [-0.05, 0) is 36.2 Å². The minimum absolute atomic E-state index is 0.0918. The highest BCUT2D eigenvalue weighted by Gasteiger charge is 2.34. The molecule has 0 bridgehead atoms. The Kier molecular flexibility index (Phi) is 5.12. The van der Waals surface area contributed by atoms with Crippen molar-refractivity contribution in [2.45, 2.75) is 19.0 Å². The number of anilines is 2. The summed E-state index contributed by atoms with van der Waals surface area (Å²) in [5.41, 5.74) is 1.26. The Morgan fingerprint density at radius 1 is 1.15 bits per heavy atom. The van der Waals surface area contributed by atoms with Gasteiger partial charge in [-0.2, -0.15) is 13.2 Å². The highest BCUT2D eigenvalue weighted by Crippen LogP contribution is 2.37. The van der Waals surface area contributed by atoms with E-state index in [0.29, 0.717) is 12.1 Å². The lowest BCUT2D eigenvalue weighted by molar-refractivity contribution is -0.136. The van der Waals surface area contributed by atoms with Gasteiger partial charge in [0.1, 0.15) is 0 Å². The first kappa shape index (κ1) is 18.8. The maximum absolute atomic E-state index is 13.4. The number of aromatic nitrogens is 1. The molecule has 1 amide bonds. The summed E-state index contributed by atoms with van der Waals surface area (Å²) >= 11 is 0. The lowest BCUT2D eigenvalue weighted by Crippen LogP contribution is -2.18. The van der Waals surface area contributed by atoms with Gasteiger partial charge in [0.05, 0.1) is 11.3 Å². The van der Waals surface area contributed by atoms with Crippen LogP contribution < -0.4 is 10.2 Å². The molecule has 2 N–H and O–H groups in total. The van der Waals surface area contributed by atoms with Gasteiger partial charge < -0.3 is 15.2 Å². The molecule has 0 aliphatic heterocycles. The zero-order valence-electron chi connectivity index (χ0n) is 15.0. The van der Waals surface area contributed by atoms with Crippen LogP contribution in [0, 0.1) is 0 Å². The molecule has 27 heavy (non-hydrogen) atoms. The van der Waals surface area contributed by atoms with Gasteiger partial charge in [-0.15, -0.1) is 0 Å². The number of halogens is 3. The Morgan fingerprint density at radius 2 is 1.89 bits per heavy atom.